The second-order valence-corrected chi connectivity index (χ2v) is 8.13. The summed E-state index contributed by atoms with van der Waals surface area (Å²) in [5, 5.41) is 51.7. The van der Waals surface area contributed by atoms with Crippen molar-refractivity contribution in [2.45, 2.75) is 49.1 Å². The number of halogens is 1. The van der Waals surface area contributed by atoms with E-state index in [4.69, 9.17) is 21.1 Å². The molecular weight excluding hydrogens is 400 g/mol. The van der Waals surface area contributed by atoms with Crippen LogP contribution in [-0.4, -0.2) is 62.2 Å². The van der Waals surface area contributed by atoms with E-state index in [2.05, 4.69) is 0 Å². The predicted molar refractivity (Wildman–Crippen MR) is 104 cm³/mol. The lowest BCUT2D eigenvalue weighted by Crippen LogP contribution is -2.67. The van der Waals surface area contributed by atoms with Gasteiger partial charge in [0.05, 0.1) is 12.7 Å². The molecule has 156 valence electrons. The molecule has 4 rings (SSSR count). The van der Waals surface area contributed by atoms with Gasteiger partial charge in [-0.15, -0.1) is 0 Å². The summed E-state index contributed by atoms with van der Waals surface area (Å²) in [4.78, 5) is 0. The van der Waals surface area contributed by atoms with E-state index in [1.807, 2.05) is 0 Å². The van der Waals surface area contributed by atoms with E-state index in [1.54, 1.807) is 42.5 Å². The van der Waals surface area contributed by atoms with Crippen molar-refractivity contribution in [2.75, 3.05) is 6.61 Å². The molecule has 2 fully saturated rings. The molecule has 2 aliphatic heterocycles. The smallest absolute Gasteiger partial charge is 0.225 e. The van der Waals surface area contributed by atoms with Gasteiger partial charge in [-0.25, -0.2) is 0 Å². The maximum atomic E-state index is 10.7. The fourth-order valence-electron chi connectivity index (χ4n) is 4.07. The van der Waals surface area contributed by atoms with Gasteiger partial charge in [0, 0.05) is 10.6 Å². The van der Waals surface area contributed by atoms with Gasteiger partial charge >= 0.3 is 0 Å². The standard InChI is InChI=1S/C21H23ClO7/c1-11(23)20-10-28-21(29-20,19(27)17(25)18(20)26)14-4-7-16(22)13(9-14)8-12-2-5-15(24)6-3-12/h2-7,9,11,17-19,23-27H,8,10H2,1H3/t11?,17-,18-,19+,20+,21-/m0/s1. The molecule has 0 amide bonds. The van der Waals surface area contributed by atoms with Crippen molar-refractivity contribution in [2.24, 2.45) is 0 Å². The molecule has 0 radical (unpaired) electrons. The zero-order valence-electron chi connectivity index (χ0n) is 15.7. The molecule has 2 saturated heterocycles. The number of rotatable bonds is 4. The summed E-state index contributed by atoms with van der Waals surface area (Å²) < 4.78 is 11.8. The summed E-state index contributed by atoms with van der Waals surface area (Å²) >= 11 is 6.36. The largest absolute Gasteiger partial charge is 0.508 e. The van der Waals surface area contributed by atoms with Gasteiger partial charge in [0.25, 0.3) is 0 Å². The molecule has 2 aromatic carbocycles. The molecule has 6 atom stereocenters. The zero-order valence-corrected chi connectivity index (χ0v) is 16.5. The van der Waals surface area contributed by atoms with Crippen molar-refractivity contribution in [1.82, 2.24) is 0 Å². The van der Waals surface area contributed by atoms with Crippen molar-refractivity contribution in [3.05, 3.63) is 64.2 Å². The maximum absolute atomic E-state index is 10.7. The van der Waals surface area contributed by atoms with Crippen molar-refractivity contribution in [3.8, 4) is 5.75 Å². The van der Waals surface area contributed by atoms with E-state index in [9.17, 15) is 25.5 Å². The van der Waals surface area contributed by atoms with Crippen LogP contribution in [0.1, 0.15) is 23.6 Å². The summed E-state index contributed by atoms with van der Waals surface area (Å²) in [6, 6.07) is 11.7. The molecular formula is C21H23ClO7. The predicted octanol–water partition coefficient (Wildman–Crippen LogP) is 1.05. The Kier molecular flexibility index (Phi) is 5.11. The van der Waals surface area contributed by atoms with E-state index >= 15 is 0 Å². The van der Waals surface area contributed by atoms with Crippen LogP contribution in [0.2, 0.25) is 5.02 Å². The second-order valence-electron chi connectivity index (χ2n) is 7.72. The highest BCUT2D eigenvalue weighted by molar-refractivity contribution is 6.31. The van der Waals surface area contributed by atoms with Crippen LogP contribution in [0, 0.1) is 0 Å². The fourth-order valence-corrected chi connectivity index (χ4v) is 4.25. The number of aliphatic hydroxyl groups is 4. The Morgan fingerprint density at radius 2 is 1.79 bits per heavy atom. The average Bonchev–Trinajstić information content (AvgIpc) is 3.09. The maximum Gasteiger partial charge on any atom is 0.225 e. The number of phenols is 1. The van der Waals surface area contributed by atoms with Crippen LogP contribution in [0.4, 0.5) is 0 Å². The van der Waals surface area contributed by atoms with Crippen LogP contribution >= 0.6 is 11.6 Å². The zero-order chi connectivity index (χ0) is 21.0. The lowest BCUT2D eigenvalue weighted by molar-refractivity contribution is -0.336. The Hall–Kier alpha value is -1.71. The highest BCUT2D eigenvalue weighted by atomic mass is 35.5. The third-order valence-electron chi connectivity index (χ3n) is 5.88. The number of aliphatic hydroxyl groups excluding tert-OH is 4. The molecule has 5 N–H and O–H groups in total. The van der Waals surface area contributed by atoms with E-state index in [-0.39, 0.29) is 12.4 Å². The Balaban J connectivity index is 1.73. The number of ether oxygens (including phenoxy) is 2. The molecule has 8 heteroatoms. The molecule has 0 spiro atoms. The topological polar surface area (TPSA) is 120 Å². The Labute approximate surface area is 172 Å². The molecule has 2 aliphatic rings. The minimum absolute atomic E-state index is 0.160. The van der Waals surface area contributed by atoms with Crippen molar-refractivity contribution >= 4 is 11.6 Å². The van der Waals surface area contributed by atoms with Gasteiger partial charge < -0.3 is 35.0 Å². The minimum Gasteiger partial charge on any atom is -0.508 e. The SMILES string of the molecule is CC(O)[C@@]12CO[C@@](c3ccc(Cl)c(Cc4ccc(O)cc4)c3)(O1)[C@H](O)[C@@H](O)[C@@H]2O. The quantitative estimate of drug-likeness (QED) is 0.499. The van der Waals surface area contributed by atoms with E-state index < -0.39 is 35.8 Å². The number of hydrogen-bond donors (Lipinski definition) is 5. The number of phenolic OH excluding ortho intramolecular Hbond substituents is 1. The summed E-state index contributed by atoms with van der Waals surface area (Å²) in [7, 11) is 0. The van der Waals surface area contributed by atoms with Crippen molar-refractivity contribution in [1.29, 1.82) is 0 Å². The van der Waals surface area contributed by atoms with Crippen LogP contribution in [0.5, 0.6) is 5.75 Å². The van der Waals surface area contributed by atoms with Gasteiger partial charge in [-0.1, -0.05) is 29.8 Å². The first-order chi connectivity index (χ1) is 13.7. The monoisotopic (exact) mass is 422 g/mol. The molecule has 2 aromatic rings. The highest BCUT2D eigenvalue weighted by Gasteiger charge is 2.68. The van der Waals surface area contributed by atoms with Crippen LogP contribution < -0.4 is 0 Å². The molecule has 0 saturated carbocycles. The Bertz CT molecular complexity index is 902. The summed E-state index contributed by atoms with van der Waals surface area (Å²) in [5.41, 5.74) is 0.483. The van der Waals surface area contributed by atoms with Crippen molar-refractivity contribution < 1.29 is 35.0 Å². The molecule has 0 aliphatic carbocycles. The molecule has 29 heavy (non-hydrogen) atoms. The van der Waals surface area contributed by atoms with Gasteiger partial charge in [-0.3, -0.25) is 0 Å². The van der Waals surface area contributed by atoms with Gasteiger partial charge in [-0.2, -0.15) is 0 Å². The van der Waals surface area contributed by atoms with Gasteiger partial charge in [0.15, 0.2) is 0 Å². The van der Waals surface area contributed by atoms with Gasteiger partial charge in [0.2, 0.25) is 5.79 Å². The van der Waals surface area contributed by atoms with Crippen LogP contribution in [-0.2, 0) is 21.7 Å². The summed E-state index contributed by atoms with van der Waals surface area (Å²) in [5.74, 6) is -1.59. The van der Waals surface area contributed by atoms with Crippen LogP contribution in [0.25, 0.3) is 0 Å². The third-order valence-corrected chi connectivity index (χ3v) is 6.25. The van der Waals surface area contributed by atoms with E-state index in [0.29, 0.717) is 17.0 Å². The lowest BCUT2D eigenvalue weighted by Gasteiger charge is -2.47. The molecule has 7 nitrogen and oxygen atoms in total. The molecule has 2 heterocycles. The first kappa shape index (κ1) is 20.6. The molecule has 2 bridgehead atoms. The lowest BCUT2D eigenvalue weighted by atomic mass is 9.81. The van der Waals surface area contributed by atoms with Crippen LogP contribution in [0.3, 0.4) is 0 Å². The summed E-state index contributed by atoms with van der Waals surface area (Å²) in [6.07, 6.45) is -5.36. The first-order valence-corrected chi connectivity index (χ1v) is 9.70. The first-order valence-electron chi connectivity index (χ1n) is 9.33. The highest BCUT2D eigenvalue weighted by Crippen LogP contribution is 2.51. The fraction of sp³-hybridized carbons (Fsp3) is 0.429. The van der Waals surface area contributed by atoms with Gasteiger partial charge in [0.1, 0.15) is 29.7 Å². The second kappa shape index (κ2) is 7.21. The number of fused-ring (bicyclic) bond motifs is 2. The minimum atomic E-state index is -1.75. The van der Waals surface area contributed by atoms with E-state index in [0.717, 1.165) is 11.1 Å². The van der Waals surface area contributed by atoms with Crippen molar-refractivity contribution in [3.63, 3.8) is 0 Å². The Morgan fingerprint density at radius 3 is 2.45 bits per heavy atom. The average molecular weight is 423 g/mol. The number of aromatic hydroxyl groups is 1. The number of benzene rings is 2. The third kappa shape index (κ3) is 3.14. The van der Waals surface area contributed by atoms with E-state index in [1.165, 1.54) is 6.92 Å². The Morgan fingerprint density at radius 1 is 1.10 bits per heavy atom. The van der Waals surface area contributed by atoms with Gasteiger partial charge in [-0.05, 0) is 48.7 Å². The van der Waals surface area contributed by atoms with Crippen LogP contribution in [0.15, 0.2) is 42.5 Å². The molecule has 0 aromatic heterocycles. The summed E-state index contributed by atoms with van der Waals surface area (Å²) in [6.45, 7) is 1.24. The normalized spacial score (nSPS) is 34.9. The number of hydrogen-bond acceptors (Lipinski definition) is 7. The molecule has 1 unspecified atom stereocenters.